The number of aliphatic hydroxyl groups is 1. The van der Waals surface area contributed by atoms with Crippen LogP contribution < -0.4 is 10.1 Å². The first-order valence-electron chi connectivity index (χ1n) is 10.1. The maximum absolute atomic E-state index is 13.3. The molecule has 0 radical (unpaired) electrons. The van der Waals surface area contributed by atoms with Gasteiger partial charge < -0.3 is 19.9 Å². The molecule has 2 unspecified atom stereocenters. The Balaban J connectivity index is 1.58. The molecule has 0 aromatic heterocycles. The number of ether oxygens (including phenoxy) is 2. The van der Waals surface area contributed by atoms with Crippen molar-refractivity contribution in [2.75, 3.05) is 12.4 Å². The standard InChI is InChI=1S/C22H19N3O8S/c26-15-11-24-19(28)22(20(24)34-13-15,23-17(27)12-32-16-9-5-2-6-10-16)21(29)33-18(25(30)31)14-7-3-1-4-8-14/h1-11,18,20,26H,12-13H2,(H,23,27)/t18?,20-,22?/m0/s1. The summed E-state index contributed by atoms with van der Waals surface area (Å²) in [6.07, 6.45) is -0.730. The smallest absolute Gasteiger partial charge is 0.382 e. The lowest BCUT2D eigenvalue weighted by atomic mass is 9.87. The summed E-state index contributed by atoms with van der Waals surface area (Å²) < 4.78 is 10.6. The minimum atomic E-state index is -2.22. The molecular weight excluding hydrogens is 466 g/mol. The van der Waals surface area contributed by atoms with E-state index in [4.69, 9.17) is 9.47 Å². The van der Waals surface area contributed by atoms with Crippen molar-refractivity contribution in [3.8, 4) is 5.75 Å². The summed E-state index contributed by atoms with van der Waals surface area (Å²) in [5.74, 6) is -2.59. The second kappa shape index (κ2) is 9.43. The normalized spacial score (nSPS) is 21.9. The maximum Gasteiger partial charge on any atom is 0.382 e. The van der Waals surface area contributed by atoms with Gasteiger partial charge in [0.25, 0.3) is 11.8 Å². The van der Waals surface area contributed by atoms with Crippen LogP contribution in [0.3, 0.4) is 0 Å². The maximum atomic E-state index is 13.3. The minimum Gasteiger partial charge on any atom is -0.510 e. The van der Waals surface area contributed by atoms with Crippen LogP contribution in [-0.2, 0) is 19.1 Å². The average molecular weight is 485 g/mol. The van der Waals surface area contributed by atoms with Crippen LogP contribution >= 0.6 is 11.8 Å². The number of nitro groups is 1. The number of rotatable bonds is 8. The van der Waals surface area contributed by atoms with E-state index in [1.165, 1.54) is 12.1 Å². The lowest BCUT2D eigenvalue weighted by Gasteiger charge is -2.53. The van der Waals surface area contributed by atoms with Crippen LogP contribution in [0.4, 0.5) is 0 Å². The van der Waals surface area contributed by atoms with Gasteiger partial charge in [0.05, 0.1) is 16.2 Å². The molecule has 2 aliphatic rings. The predicted molar refractivity (Wildman–Crippen MR) is 119 cm³/mol. The molecule has 2 aliphatic heterocycles. The molecule has 12 heteroatoms. The Hall–Kier alpha value is -4.06. The highest BCUT2D eigenvalue weighted by Gasteiger charge is 2.69. The first kappa shape index (κ1) is 23.1. The number of aliphatic hydroxyl groups excluding tert-OH is 1. The summed E-state index contributed by atoms with van der Waals surface area (Å²) in [5.41, 5.74) is -2.13. The summed E-state index contributed by atoms with van der Waals surface area (Å²) in [5, 5.41) is 22.8. The topological polar surface area (TPSA) is 148 Å². The predicted octanol–water partition coefficient (Wildman–Crippen LogP) is 1.75. The molecule has 2 amide bonds. The number of hydrogen-bond acceptors (Lipinski definition) is 9. The van der Waals surface area contributed by atoms with Crippen LogP contribution in [0.1, 0.15) is 11.8 Å². The molecule has 2 N–H and O–H groups in total. The monoisotopic (exact) mass is 485 g/mol. The third kappa shape index (κ3) is 4.27. The van der Waals surface area contributed by atoms with E-state index in [1.807, 2.05) is 0 Å². The number of hydrogen-bond donors (Lipinski definition) is 2. The van der Waals surface area contributed by atoms with Crippen molar-refractivity contribution in [2.24, 2.45) is 0 Å². The highest BCUT2D eigenvalue weighted by molar-refractivity contribution is 8.00. The molecule has 0 bridgehead atoms. The van der Waals surface area contributed by atoms with E-state index < -0.39 is 46.5 Å². The summed E-state index contributed by atoms with van der Waals surface area (Å²) in [6, 6.07) is 16.0. The third-order valence-corrected chi connectivity index (χ3v) is 6.50. The Morgan fingerprint density at radius 2 is 1.85 bits per heavy atom. The van der Waals surface area contributed by atoms with Gasteiger partial charge in [-0.1, -0.05) is 36.4 Å². The molecule has 2 heterocycles. The van der Waals surface area contributed by atoms with Crippen molar-refractivity contribution in [1.29, 1.82) is 0 Å². The average Bonchev–Trinajstić information content (AvgIpc) is 2.85. The van der Waals surface area contributed by atoms with Crippen molar-refractivity contribution in [3.05, 3.63) is 88.3 Å². The number of esters is 1. The molecule has 4 rings (SSSR count). The zero-order valence-electron chi connectivity index (χ0n) is 17.5. The summed E-state index contributed by atoms with van der Waals surface area (Å²) in [6.45, 7) is -0.512. The molecular formula is C22H19N3O8S. The third-order valence-electron chi connectivity index (χ3n) is 5.14. The van der Waals surface area contributed by atoms with Gasteiger partial charge in [0.2, 0.25) is 5.54 Å². The summed E-state index contributed by atoms with van der Waals surface area (Å²) in [7, 11) is 0. The fourth-order valence-electron chi connectivity index (χ4n) is 3.57. The number of thioether (sulfide) groups is 1. The van der Waals surface area contributed by atoms with Crippen LogP contribution in [-0.4, -0.2) is 56.0 Å². The molecule has 2 aromatic carbocycles. The molecule has 2 aromatic rings. The molecule has 34 heavy (non-hydrogen) atoms. The largest absolute Gasteiger partial charge is 0.510 e. The Bertz CT molecular complexity index is 1140. The van der Waals surface area contributed by atoms with E-state index in [9.17, 15) is 29.6 Å². The van der Waals surface area contributed by atoms with Gasteiger partial charge in [-0.15, -0.1) is 11.8 Å². The zero-order chi connectivity index (χ0) is 24.3. The van der Waals surface area contributed by atoms with Crippen LogP contribution in [0.25, 0.3) is 0 Å². The summed E-state index contributed by atoms with van der Waals surface area (Å²) >= 11 is 1.01. The Morgan fingerprint density at radius 1 is 1.21 bits per heavy atom. The van der Waals surface area contributed by atoms with Crippen LogP contribution in [0.15, 0.2) is 72.6 Å². The van der Waals surface area contributed by atoms with Crippen molar-refractivity contribution < 1.29 is 33.9 Å². The highest BCUT2D eigenvalue weighted by Crippen LogP contribution is 2.44. The quantitative estimate of drug-likeness (QED) is 0.142. The lowest BCUT2D eigenvalue weighted by molar-refractivity contribution is -0.576. The number of amides is 2. The van der Waals surface area contributed by atoms with Gasteiger partial charge in [-0.05, 0) is 24.3 Å². The van der Waals surface area contributed by atoms with Gasteiger partial charge in [-0.2, -0.15) is 0 Å². The van der Waals surface area contributed by atoms with Gasteiger partial charge in [0, 0.05) is 6.20 Å². The molecule has 176 valence electrons. The zero-order valence-corrected chi connectivity index (χ0v) is 18.3. The van der Waals surface area contributed by atoms with Crippen molar-refractivity contribution >= 4 is 29.5 Å². The SMILES string of the molecule is O=C(COc1ccccc1)NC1(C(=O)OC(c2ccccc2)[N+](=O)[O-])C(=O)N2C=C(O)CS[C@H]21. The lowest BCUT2D eigenvalue weighted by Crippen LogP contribution is -2.82. The van der Waals surface area contributed by atoms with E-state index in [-0.39, 0.29) is 17.1 Å². The van der Waals surface area contributed by atoms with Gasteiger partial charge in [-0.25, -0.2) is 4.79 Å². The molecule has 1 fully saturated rings. The molecule has 0 saturated carbocycles. The Morgan fingerprint density at radius 3 is 2.50 bits per heavy atom. The van der Waals surface area contributed by atoms with Gasteiger partial charge >= 0.3 is 12.2 Å². The van der Waals surface area contributed by atoms with Crippen molar-refractivity contribution in [3.63, 3.8) is 0 Å². The number of benzene rings is 2. The minimum absolute atomic E-state index is 0.0667. The number of para-hydroxylation sites is 1. The number of β-lactam (4-membered cyclic amide) rings is 1. The van der Waals surface area contributed by atoms with Crippen LogP contribution in [0, 0.1) is 10.1 Å². The first-order chi connectivity index (χ1) is 16.3. The number of nitrogens with one attached hydrogen (secondary N) is 1. The Kier molecular flexibility index (Phi) is 6.41. The molecule has 0 aliphatic carbocycles. The second-order valence-electron chi connectivity index (χ2n) is 7.41. The fourth-order valence-corrected chi connectivity index (χ4v) is 4.80. The number of carbonyl (C=O) groups excluding carboxylic acids is 3. The van der Waals surface area contributed by atoms with E-state index in [0.29, 0.717) is 5.75 Å². The van der Waals surface area contributed by atoms with Crippen molar-refractivity contribution in [2.45, 2.75) is 17.1 Å². The fraction of sp³-hybridized carbons (Fsp3) is 0.227. The molecule has 3 atom stereocenters. The van der Waals surface area contributed by atoms with E-state index >= 15 is 0 Å². The Labute approximate surface area is 197 Å². The number of nitrogens with zero attached hydrogens (tertiary/aromatic N) is 2. The number of carbonyl (C=O) groups is 3. The van der Waals surface area contributed by atoms with E-state index in [2.05, 4.69) is 5.32 Å². The molecule has 1 saturated heterocycles. The van der Waals surface area contributed by atoms with Gasteiger partial charge in [0.1, 0.15) is 16.9 Å². The first-order valence-corrected chi connectivity index (χ1v) is 11.1. The van der Waals surface area contributed by atoms with Crippen molar-refractivity contribution in [1.82, 2.24) is 10.2 Å². The van der Waals surface area contributed by atoms with Crippen LogP contribution in [0.2, 0.25) is 0 Å². The van der Waals surface area contributed by atoms with E-state index in [0.717, 1.165) is 22.9 Å². The second-order valence-corrected chi connectivity index (χ2v) is 8.48. The number of fused-ring (bicyclic) bond motifs is 1. The van der Waals surface area contributed by atoms with Crippen LogP contribution in [0.5, 0.6) is 5.75 Å². The molecule has 11 nitrogen and oxygen atoms in total. The van der Waals surface area contributed by atoms with E-state index in [1.54, 1.807) is 48.5 Å². The highest BCUT2D eigenvalue weighted by atomic mass is 32.2. The van der Waals surface area contributed by atoms with Gasteiger partial charge in [0.15, 0.2) is 6.61 Å². The van der Waals surface area contributed by atoms with Gasteiger partial charge in [-0.3, -0.25) is 24.6 Å². The summed E-state index contributed by atoms with van der Waals surface area (Å²) in [4.78, 5) is 50.9. The molecule has 0 spiro atoms.